The van der Waals surface area contributed by atoms with Gasteiger partial charge in [-0.05, 0) is 49.4 Å². The highest BCUT2D eigenvalue weighted by Crippen LogP contribution is 2.27. The molecule has 0 atom stereocenters. The van der Waals surface area contributed by atoms with Gasteiger partial charge in [-0.3, -0.25) is 4.79 Å². The minimum Gasteiger partial charge on any atom is -0.506 e. The normalized spacial score (nSPS) is 14.5. The average molecular weight is 248 g/mol. The number of carbonyl (C=O) groups is 1. The van der Waals surface area contributed by atoms with Crippen LogP contribution in [-0.4, -0.2) is 24.1 Å². The second kappa shape index (κ2) is 5.87. The second-order valence-electron chi connectivity index (χ2n) is 4.83. The highest BCUT2D eigenvalue weighted by atomic mass is 16.3. The Hall–Kier alpha value is -1.55. The van der Waals surface area contributed by atoms with E-state index >= 15 is 0 Å². The topological polar surface area (TPSA) is 61.4 Å². The van der Waals surface area contributed by atoms with E-state index in [4.69, 9.17) is 0 Å². The molecule has 98 valence electrons. The van der Waals surface area contributed by atoms with Crippen LogP contribution in [0.15, 0.2) is 18.2 Å². The summed E-state index contributed by atoms with van der Waals surface area (Å²) in [5, 5.41) is 15.5. The molecule has 0 bridgehead atoms. The molecule has 1 aromatic carbocycles. The van der Waals surface area contributed by atoms with E-state index in [1.165, 1.54) is 12.8 Å². The first-order valence-electron chi connectivity index (χ1n) is 6.51. The Morgan fingerprint density at radius 2 is 2.22 bits per heavy atom. The van der Waals surface area contributed by atoms with Crippen molar-refractivity contribution in [1.29, 1.82) is 0 Å². The van der Waals surface area contributed by atoms with Gasteiger partial charge in [0.15, 0.2) is 0 Å². The highest BCUT2D eigenvalue weighted by Gasteiger charge is 2.20. The third-order valence-corrected chi connectivity index (χ3v) is 3.16. The van der Waals surface area contributed by atoms with Crippen LogP contribution in [0, 0.1) is 5.92 Å². The molecule has 0 radical (unpaired) electrons. The lowest BCUT2D eigenvalue weighted by molar-refractivity contribution is -0.115. The van der Waals surface area contributed by atoms with Crippen LogP contribution < -0.4 is 10.6 Å². The van der Waals surface area contributed by atoms with E-state index in [0.29, 0.717) is 12.2 Å². The third kappa shape index (κ3) is 3.74. The number of benzene rings is 1. The summed E-state index contributed by atoms with van der Waals surface area (Å²) in [4.78, 5) is 11.7. The summed E-state index contributed by atoms with van der Waals surface area (Å²) in [6.07, 6.45) is 3.42. The fourth-order valence-corrected chi connectivity index (χ4v) is 1.81. The Balaban J connectivity index is 1.84. The van der Waals surface area contributed by atoms with Crippen molar-refractivity contribution in [3.05, 3.63) is 23.8 Å². The maximum absolute atomic E-state index is 11.7. The number of nitrogens with one attached hydrogen (secondary N) is 2. The third-order valence-electron chi connectivity index (χ3n) is 3.16. The van der Waals surface area contributed by atoms with Crippen molar-refractivity contribution in [1.82, 2.24) is 5.32 Å². The van der Waals surface area contributed by atoms with Crippen molar-refractivity contribution >= 4 is 11.6 Å². The van der Waals surface area contributed by atoms with E-state index in [0.717, 1.165) is 24.4 Å². The summed E-state index contributed by atoms with van der Waals surface area (Å²) in [6, 6.07) is 5.29. The first-order valence-corrected chi connectivity index (χ1v) is 6.51. The Morgan fingerprint density at radius 1 is 1.44 bits per heavy atom. The van der Waals surface area contributed by atoms with Crippen LogP contribution in [0.1, 0.15) is 25.3 Å². The lowest BCUT2D eigenvalue weighted by atomic mass is 10.1. The van der Waals surface area contributed by atoms with Crippen LogP contribution in [0.5, 0.6) is 5.75 Å². The minimum absolute atomic E-state index is 0.112. The molecule has 1 aliphatic carbocycles. The summed E-state index contributed by atoms with van der Waals surface area (Å²) in [7, 11) is 0. The zero-order valence-electron chi connectivity index (χ0n) is 10.7. The molecule has 4 heteroatoms. The van der Waals surface area contributed by atoms with E-state index in [1.807, 2.05) is 19.1 Å². The van der Waals surface area contributed by atoms with E-state index in [1.54, 1.807) is 6.07 Å². The zero-order valence-corrected chi connectivity index (χ0v) is 10.7. The van der Waals surface area contributed by atoms with Gasteiger partial charge in [0.25, 0.3) is 0 Å². The number of hydrogen-bond donors (Lipinski definition) is 3. The molecule has 2 rings (SSSR count). The molecule has 1 fully saturated rings. The number of phenols is 1. The van der Waals surface area contributed by atoms with Gasteiger partial charge < -0.3 is 15.7 Å². The van der Waals surface area contributed by atoms with Gasteiger partial charge in [0.1, 0.15) is 5.75 Å². The summed E-state index contributed by atoms with van der Waals surface area (Å²) < 4.78 is 0. The van der Waals surface area contributed by atoms with Crippen LogP contribution in [0.3, 0.4) is 0 Å². The van der Waals surface area contributed by atoms with Crippen molar-refractivity contribution in [3.63, 3.8) is 0 Å². The van der Waals surface area contributed by atoms with Gasteiger partial charge >= 0.3 is 0 Å². The maximum Gasteiger partial charge on any atom is 0.238 e. The first-order chi connectivity index (χ1) is 8.69. The Kier molecular flexibility index (Phi) is 4.20. The molecular formula is C14H20N2O2. The highest BCUT2D eigenvalue weighted by molar-refractivity contribution is 5.93. The number of hydrogen-bond acceptors (Lipinski definition) is 3. The van der Waals surface area contributed by atoms with Gasteiger partial charge in [-0.15, -0.1) is 0 Å². The van der Waals surface area contributed by atoms with Crippen LogP contribution in [0.25, 0.3) is 0 Å². The summed E-state index contributed by atoms with van der Waals surface area (Å²) in [5.74, 6) is 0.761. The van der Waals surface area contributed by atoms with Crippen molar-refractivity contribution in [3.8, 4) is 5.75 Å². The number of aryl methyl sites for hydroxylation is 1. The molecule has 3 N–H and O–H groups in total. The van der Waals surface area contributed by atoms with Crippen molar-refractivity contribution in [2.75, 3.05) is 18.4 Å². The van der Waals surface area contributed by atoms with Crippen molar-refractivity contribution < 1.29 is 9.90 Å². The van der Waals surface area contributed by atoms with E-state index in [9.17, 15) is 9.90 Å². The summed E-state index contributed by atoms with van der Waals surface area (Å²) >= 11 is 0. The molecule has 18 heavy (non-hydrogen) atoms. The summed E-state index contributed by atoms with van der Waals surface area (Å²) in [6.45, 7) is 3.25. The lowest BCUT2D eigenvalue weighted by Crippen LogP contribution is -2.29. The SMILES string of the molecule is CCc1ccc(O)c(NC(=O)CNCC2CC2)c1. The van der Waals surface area contributed by atoms with Crippen molar-refractivity contribution in [2.24, 2.45) is 5.92 Å². The number of anilines is 1. The smallest absolute Gasteiger partial charge is 0.238 e. The van der Waals surface area contributed by atoms with Gasteiger partial charge in [-0.25, -0.2) is 0 Å². The fourth-order valence-electron chi connectivity index (χ4n) is 1.81. The average Bonchev–Trinajstić information content (AvgIpc) is 3.16. The minimum atomic E-state index is -0.112. The molecule has 1 saturated carbocycles. The Morgan fingerprint density at radius 3 is 2.89 bits per heavy atom. The Bertz CT molecular complexity index is 428. The fraction of sp³-hybridized carbons (Fsp3) is 0.500. The monoisotopic (exact) mass is 248 g/mol. The zero-order chi connectivity index (χ0) is 13.0. The van der Waals surface area contributed by atoms with Crippen LogP contribution >= 0.6 is 0 Å². The van der Waals surface area contributed by atoms with E-state index in [-0.39, 0.29) is 11.7 Å². The molecule has 0 spiro atoms. The standard InChI is InChI=1S/C14H20N2O2/c1-2-10-5-6-13(17)12(7-10)16-14(18)9-15-8-11-3-4-11/h5-7,11,15,17H,2-4,8-9H2,1H3,(H,16,18). The molecule has 0 aliphatic heterocycles. The molecule has 1 amide bonds. The molecule has 0 aromatic heterocycles. The van der Waals surface area contributed by atoms with Crippen molar-refractivity contribution in [2.45, 2.75) is 26.2 Å². The molecule has 0 saturated heterocycles. The Labute approximate surface area is 107 Å². The van der Waals surface area contributed by atoms with Crippen LogP contribution in [0.2, 0.25) is 0 Å². The quantitative estimate of drug-likeness (QED) is 0.674. The predicted octanol–water partition coefficient (Wildman–Crippen LogP) is 1.89. The summed E-state index contributed by atoms with van der Waals surface area (Å²) in [5.41, 5.74) is 1.58. The molecule has 1 aromatic rings. The van der Waals surface area contributed by atoms with E-state index in [2.05, 4.69) is 10.6 Å². The van der Waals surface area contributed by atoms with Gasteiger partial charge in [0, 0.05) is 0 Å². The predicted molar refractivity (Wildman–Crippen MR) is 71.7 cm³/mol. The second-order valence-corrected chi connectivity index (χ2v) is 4.83. The number of rotatable bonds is 6. The number of phenolic OH excluding ortho intramolecular Hbond substituents is 1. The largest absolute Gasteiger partial charge is 0.506 e. The van der Waals surface area contributed by atoms with Crippen LogP contribution in [0.4, 0.5) is 5.69 Å². The number of amides is 1. The molecule has 1 aliphatic rings. The maximum atomic E-state index is 11.7. The molecule has 0 heterocycles. The number of aromatic hydroxyl groups is 1. The van der Waals surface area contributed by atoms with Gasteiger partial charge in [-0.2, -0.15) is 0 Å². The van der Waals surface area contributed by atoms with Gasteiger partial charge in [-0.1, -0.05) is 13.0 Å². The lowest BCUT2D eigenvalue weighted by Gasteiger charge is -2.09. The molecule has 0 unspecified atom stereocenters. The molecule has 4 nitrogen and oxygen atoms in total. The van der Waals surface area contributed by atoms with Gasteiger partial charge in [0.2, 0.25) is 5.91 Å². The molecular weight excluding hydrogens is 228 g/mol. The van der Waals surface area contributed by atoms with Crippen LogP contribution in [-0.2, 0) is 11.2 Å². The van der Waals surface area contributed by atoms with E-state index < -0.39 is 0 Å². The first kappa shape index (κ1) is 12.9. The van der Waals surface area contributed by atoms with Gasteiger partial charge in [0.05, 0.1) is 12.2 Å². The number of carbonyl (C=O) groups excluding carboxylic acids is 1.